The maximum Gasteiger partial charge on any atom is 0.142 e. The Morgan fingerprint density at radius 3 is 3.00 bits per heavy atom. The van der Waals surface area contributed by atoms with Crippen LogP contribution in [0.1, 0.15) is 5.56 Å². The van der Waals surface area contributed by atoms with Crippen LogP contribution in [0.2, 0.25) is 0 Å². The molecule has 2 aromatic rings. The van der Waals surface area contributed by atoms with Crippen molar-refractivity contribution in [3.63, 3.8) is 0 Å². The van der Waals surface area contributed by atoms with Gasteiger partial charge in [-0.3, -0.25) is 4.68 Å². The lowest BCUT2D eigenvalue weighted by Crippen LogP contribution is -2.12. The third-order valence-corrected chi connectivity index (χ3v) is 2.85. The van der Waals surface area contributed by atoms with Crippen molar-refractivity contribution in [1.82, 2.24) is 19.7 Å². The molecule has 1 N–H and O–H groups in total. The van der Waals surface area contributed by atoms with Crippen molar-refractivity contribution in [2.75, 3.05) is 11.9 Å². The first kappa shape index (κ1) is 11.3. The fraction of sp³-hybridized carbons (Fsp3) is 0.300. The molecule has 0 spiro atoms. The highest BCUT2D eigenvalue weighted by Crippen LogP contribution is 2.11. The Morgan fingerprint density at radius 1 is 1.44 bits per heavy atom. The van der Waals surface area contributed by atoms with Crippen LogP contribution < -0.4 is 5.32 Å². The molecule has 0 amide bonds. The molecule has 0 aliphatic carbocycles. The lowest BCUT2D eigenvalue weighted by Gasteiger charge is -2.06. The summed E-state index contributed by atoms with van der Waals surface area (Å²) in [5.41, 5.74) is 1.18. The van der Waals surface area contributed by atoms with Crippen molar-refractivity contribution in [2.24, 2.45) is 0 Å². The second-order valence-corrected chi connectivity index (χ2v) is 4.59. The normalized spacial score (nSPS) is 10.4. The summed E-state index contributed by atoms with van der Waals surface area (Å²) in [5.74, 6) is 0.875. The maximum absolute atomic E-state index is 4.21. The van der Waals surface area contributed by atoms with Gasteiger partial charge in [-0.05, 0) is 35.1 Å². The number of nitrogens with zero attached hydrogens (tertiary/aromatic N) is 4. The van der Waals surface area contributed by atoms with Crippen LogP contribution >= 0.6 is 22.6 Å². The Morgan fingerprint density at radius 2 is 2.31 bits per heavy atom. The van der Waals surface area contributed by atoms with Gasteiger partial charge in [0.1, 0.15) is 12.1 Å². The second kappa shape index (κ2) is 5.24. The molecule has 0 saturated carbocycles. The molecule has 0 aliphatic rings. The van der Waals surface area contributed by atoms with E-state index in [-0.39, 0.29) is 0 Å². The van der Waals surface area contributed by atoms with Gasteiger partial charge in [0.2, 0.25) is 0 Å². The molecule has 0 aromatic carbocycles. The molecule has 2 heterocycles. The maximum atomic E-state index is 4.21. The van der Waals surface area contributed by atoms with Gasteiger partial charge < -0.3 is 5.32 Å². The molecule has 2 aromatic heterocycles. The Kier molecular flexibility index (Phi) is 3.70. The van der Waals surface area contributed by atoms with E-state index in [1.807, 2.05) is 24.0 Å². The standard InChI is InChI=1S/C10H12IN5/c1-8-4-15-16(6-8)3-2-13-10-9(11)5-12-7-14-10/h4-7H,2-3H2,1H3,(H,12,13,14). The Balaban J connectivity index is 1.87. The van der Waals surface area contributed by atoms with E-state index >= 15 is 0 Å². The molecule has 0 unspecified atom stereocenters. The average molecular weight is 329 g/mol. The minimum absolute atomic E-state index is 0.800. The van der Waals surface area contributed by atoms with E-state index in [9.17, 15) is 0 Å². The SMILES string of the molecule is Cc1cnn(CCNc2ncncc2I)c1. The van der Waals surface area contributed by atoms with Gasteiger partial charge in [0.25, 0.3) is 0 Å². The highest BCUT2D eigenvalue weighted by Gasteiger charge is 1.99. The number of anilines is 1. The fourth-order valence-corrected chi connectivity index (χ4v) is 1.81. The van der Waals surface area contributed by atoms with Gasteiger partial charge >= 0.3 is 0 Å². The smallest absolute Gasteiger partial charge is 0.142 e. The Hall–Kier alpha value is -1.18. The molecule has 0 fully saturated rings. The summed E-state index contributed by atoms with van der Waals surface area (Å²) in [7, 11) is 0. The summed E-state index contributed by atoms with van der Waals surface area (Å²) in [6.45, 7) is 3.66. The summed E-state index contributed by atoms with van der Waals surface area (Å²) in [4.78, 5) is 8.09. The fourth-order valence-electron chi connectivity index (χ4n) is 1.32. The zero-order valence-electron chi connectivity index (χ0n) is 8.89. The third-order valence-electron chi connectivity index (χ3n) is 2.06. The van der Waals surface area contributed by atoms with E-state index in [1.165, 1.54) is 5.56 Å². The molecule has 2 rings (SSSR count). The molecule has 0 radical (unpaired) electrons. The van der Waals surface area contributed by atoms with Crippen LogP contribution in [0.4, 0.5) is 5.82 Å². The first-order valence-corrected chi connectivity index (χ1v) is 6.02. The molecule has 0 atom stereocenters. The molecule has 16 heavy (non-hydrogen) atoms. The largest absolute Gasteiger partial charge is 0.367 e. The van der Waals surface area contributed by atoms with E-state index in [4.69, 9.17) is 0 Å². The Labute approximate surface area is 107 Å². The number of aryl methyl sites for hydroxylation is 1. The number of nitrogens with one attached hydrogen (secondary N) is 1. The number of hydrogen-bond donors (Lipinski definition) is 1. The van der Waals surface area contributed by atoms with Crippen LogP contribution in [-0.4, -0.2) is 26.3 Å². The van der Waals surface area contributed by atoms with E-state index in [1.54, 1.807) is 12.5 Å². The quantitative estimate of drug-likeness (QED) is 0.868. The van der Waals surface area contributed by atoms with E-state index in [2.05, 4.69) is 43.0 Å². The number of aromatic nitrogens is 4. The van der Waals surface area contributed by atoms with E-state index in [0.29, 0.717) is 0 Å². The lowest BCUT2D eigenvalue weighted by molar-refractivity contribution is 0.636. The first-order valence-electron chi connectivity index (χ1n) is 4.94. The minimum atomic E-state index is 0.800. The zero-order valence-corrected chi connectivity index (χ0v) is 11.0. The topological polar surface area (TPSA) is 55.6 Å². The van der Waals surface area contributed by atoms with Crippen LogP contribution in [0.5, 0.6) is 0 Å². The molecule has 0 bridgehead atoms. The molecule has 5 nitrogen and oxygen atoms in total. The summed E-state index contributed by atoms with van der Waals surface area (Å²) >= 11 is 2.21. The number of rotatable bonds is 4. The molecule has 84 valence electrons. The first-order chi connectivity index (χ1) is 7.75. The molecule has 0 saturated heterocycles. The van der Waals surface area contributed by atoms with Crippen LogP contribution in [0.3, 0.4) is 0 Å². The Bertz CT molecular complexity index is 468. The molecular weight excluding hydrogens is 317 g/mol. The van der Waals surface area contributed by atoms with Crippen LogP contribution in [0, 0.1) is 10.5 Å². The summed E-state index contributed by atoms with van der Waals surface area (Å²) in [6.07, 6.45) is 7.21. The second-order valence-electron chi connectivity index (χ2n) is 3.43. The van der Waals surface area contributed by atoms with Gasteiger partial charge in [0.05, 0.1) is 16.3 Å². The van der Waals surface area contributed by atoms with Gasteiger partial charge in [-0.15, -0.1) is 0 Å². The van der Waals surface area contributed by atoms with Crippen molar-refractivity contribution in [3.8, 4) is 0 Å². The zero-order chi connectivity index (χ0) is 11.4. The summed E-state index contributed by atoms with van der Waals surface area (Å²) in [5, 5.41) is 7.46. The highest BCUT2D eigenvalue weighted by molar-refractivity contribution is 14.1. The monoisotopic (exact) mass is 329 g/mol. The van der Waals surface area contributed by atoms with E-state index < -0.39 is 0 Å². The molecule has 6 heteroatoms. The number of halogens is 1. The molecular formula is C10H12IN5. The number of hydrogen-bond acceptors (Lipinski definition) is 4. The predicted octanol–water partition coefficient (Wildman–Crippen LogP) is 1.70. The van der Waals surface area contributed by atoms with Gasteiger partial charge in [-0.1, -0.05) is 0 Å². The highest BCUT2D eigenvalue weighted by atomic mass is 127. The lowest BCUT2D eigenvalue weighted by atomic mass is 10.4. The van der Waals surface area contributed by atoms with Crippen LogP contribution in [-0.2, 0) is 6.54 Å². The summed E-state index contributed by atoms with van der Waals surface area (Å²) < 4.78 is 2.94. The van der Waals surface area contributed by atoms with Crippen molar-refractivity contribution in [2.45, 2.75) is 13.5 Å². The predicted molar refractivity (Wildman–Crippen MR) is 70.2 cm³/mol. The van der Waals surface area contributed by atoms with Crippen molar-refractivity contribution >= 4 is 28.4 Å². The van der Waals surface area contributed by atoms with Crippen molar-refractivity contribution < 1.29 is 0 Å². The minimum Gasteiger partial charge on any atom is -0.367 e. The van der Waals surface area contributed by atoms with Gasteiger partial charge in [-0.2, -0.15) is 5.10 Å². The van der Waals surface area contributed by atoms with Gasteiger partial charge in [0, 0.05) is 18.9 Å². The van der Waals surface area contributed by atoms with Crippen molar-refractivity contribution in [3.05, 3.63) is 34.1 Å². The third kappa shape index (κ3) is 2.91. The van der Waals surface area contributed by atoms with E-state index in [0.717, 1.165) is 22.5 Å². The van der Waals surface area contributed by atoms with Crippen LogP contribution in [0.25, 0.3) is 0 Å². The van der Waals surface area contributed by atoms with Gasteiger partial charge in [0.15, 0.2) is 0 Å². The van der Waals surface area contributed by atoms with Crippen LogP contribution in [0.15, 0.2) is 24.9 Å². The summed E-state index contributed by atoms with van der Waals surface area (Å²) in [6, 6.07) is 0. The average Bonchev–Trinajstić information content (AvgIpc) is 2.67. The molecule has 0 aliphatic heterocycles. The van der Waals surface area contributed by atoms with Gasteiger partial charge in [-0.25, -0.2) is 9.97 Å². The van der Waals surface area contributed by atoms with Crippen molar-refractivity contribution in [1.29, 1.82) is 0 Å².